The van der Waals surface area contributed by atoms with E-state index in [2.05, 4.69) is 26.8 Å². The smallest absolute Gasteiger partial charge is 0.335 e. The van der Waals surface area contributed by atoms with Gasteiger partial charge in [-0.15, -0.1) is 0 Å². The minimum absolute atomic E-state index is 0.0849. The SMILES string of the molecule is C/C=C(/C)C(=O)O[C@H]1[C@H](OC(C)=O)[C@]2(CO)[C@H](O)C[C@]3(C)C(=CC[C@@H]4[C@@]5(C)CC[C@H](O[C@@H]6O[C@H](C(=O)O)[C@@H](O[C@@H]7O[C@H](CO)[C@@H](O)[C@H](O)[C@H]7O)[C@H](O)[C@H]6O[C@@H]6O[C@H](CO)[C@@H](O)[C@H](O)[C@H]6O)[C@@](C)(CO)[C@@H]5CC[C@]43C)[C@@H]2CC1(C)C. The van der Waals surface area contributed by atoms with Crippen molar-refractivity contribution in [1.29, 1.82) is 0 Å². The van der Waals surface area contributed by atoms with Gasteiger partial charge in [-0.1, -0.05) is 59.3 Å². The van der Waals surface area contributed by atoms with Crippen molar-refractivity contribution in [2.45, 2.75) is 224 Å². The summed E-state index contributed by atoms with van der Waals surface area (Å²) in [7, 11) is 0. The Morgan fingerprint density at radius 3 is 1.76 bits per heavy atom. The zero-order valence-corrected chi connectivity index (χ0v) is 46.4. The van der Waals surface area contributed by atoms with Gasteiger partial charge in [0.1, 0.15) is 79.4 Å². The van der Waals surface area contributed by atoms with Gasteiger partial charge in [0.2, 0.25) is 0 Å². The first kappa shape index (κ1) is 62.2. The van der Waals surface area contributed by atoms with Crippen LogP contribution in [0.2, 0.25) is 0 Å². The monoisotopic (exact) mass is 1130 g/mol. The van der Waals surface area contributed by atoms with E-state index >= 15 is 0 Å². The molecule has 3 heterocycles. The minimum atomic E-state index is -2.18. The Morgan fingerprint density at radius 2 is 1.24 bits per heavy atom. The fourth-order valence-electron chi connectivity index (χ4n) is 16.2. The number of esters is 2. The van der Waals surface area contributed by atoms with Crippen LogP contribution in [0.3, 0.4) is 0 Å². The van der Waals surface area contributed by atoms with Crippen molar-refractivity contribution in [2.75, 3.05) is 26.4 Å². The number of hydrogen-bond acceptors (Lipinski definition) is 23. The van der Waals surface area contributed by atoms with Gasteiger partial charge < -0.3 is 104 Å². The molecule has 3 saturated heterocycles. The normalized spacial score (nSPS) is 50.6. The molecule has 450 valence electrons. The minimum Gasteiger partial charge on any atom is -0.479 e. The molecular weight excluding hydrogens is 1040 g/mol. The standard InChI is InChI=1S/C55H86O24/c1-10-23(2)46(71)79-43-44(72-24(3)60)55(22-59)26(17-50(43,4)5)25-11-12-30-51(6)15-14-32(52(7,21-58)29(51)13-16-53(30,8)54(25,9)18-31(55)61)75-49-41(77-48-38(67)36(65)34(63)28(20-57)74-48)39(68)40(42(78-49)45(69)70)76-47-37(66)35(64)33(62)27(19-56)73-47/h10-11,26-44,47-49,56-59,61-68H,12-22H2,1-9H3,(H,69,70)/b23-10-/t26-,27+,28+,29+,30+,31+,32-,33+,34+,35-,36-,37+,38+,39-,40-,41+,42-,43-,44-,47-,48-,49+,51-,52-,53+,54+,55-/m0/s1. The fraction of sp³-hybridized carbons (Fsp3) is 0.873. The molecule has 0 spiro atoms. The van der Waals surface area contributed by atoms with E-state index < -0.39 is 199 Å². The third-order valence-corrected chi connectivity index (χ3v) is 21.1. The van der Waals surface area contributed by atoms with E-state index in [0.29, 0.717) is 37.7 Å². The first-order valence-electron chi connectivity index (χ1n) is 27.7. The molecule has 0 radical (unpaired) electrons. The molecule has 27 atom stereocenters. The van der Waals surface area contributed by atoms with Gasteiger partial charge in [0, 0.05) is 23.3 Å². The zero-order chi connectivity index (χ0) is 58.4. The molecule has 79 heavy (non-hydrogen) atoms. The van der Waals surface area contributed by atoms with Crippen LogP contribution >= 0.6 is 0 Å². The molecule has 4 saturated carbocycles. The highest BCUT2D eigenvalue weighted by Crippen LogP contribution is 2.76. The van der Waals surface area contributed by atoms with Gasteiger partial charge in [0.25, 0.3) is 0 Å². The highest BCUT2D eigenvalue weighted by molar-refractivity contribution is 5.87. The van der Waals surface area contributed by atoms with Gasteiger partial charge in [0.15, 0.2) is 25.0 Å². The molecule has 24 heteroatoms. The van der Waals surface area contributed by atoms with Gasteiger partial charge in [-0.3, -0.25) is 4.79 Å². The third-order valence-electron chi connectivity index (χ3n) is 21.1. The van der Waals surface area contributed by atoms with Gasteiger partial charge in [-0.05, 0) is 92.8 Å². The molecule has 0 bridgehead atoms. The fourth-order valence-corrected chi connectivity index (χ4v) is 16.2. The maximum Gasteiger partial charge on any atom is 0.335 e. The number of fused-ring (bicyclic) bond motifs is 7. The van der Waals surface area contributed by atoms with E-state index in [9.17, 15) is 80.8 Å². The summed E-state index contributed by atoms with van der Waals surface area (Å²) < 4.78 is 48.2. The Morgan fingerprint density at radius 1 is 0.658 bits per heavy atom. The summed E-state index contributed by atoms with van der Waals surface area (Å²) >= 11 is 0. The maximum absolute atomic E-state index is 13.4. The quantitative estimate of drug-likeness (QED) is 0.0415. The third kappa shape index (κ3) is 9.94. The van der Waals surface area contributed by atoms with Crippen LogP contribution in [-0.4, -0.2) is 227 Å². The largest absolute Gasteiger partial charge is 0.479 e. The van der Waals surface area contributed by atoms with Gasteiger partial charge in [0.05, 0.1) is 44.1 Å². The number of hydrogen-bond donors (Lipinski definition) is 13. The van der Waals surface area contributed by atoms with Crippen molar-refractivity contribution in [2.24, 2.45) is 50.2 Å². The maximum atomic E-state index is 13.4. The lowest BCUT2D eigenvalue weighted by atomic mass is 9.33. The van der Waals surface area contributed by atoms with E-state index in [1.807, 2.05) is 20.8 Å². The molecule has 8 aliphatic rings. The number of allylic oxidation sites excluding steroid dienone is 3. The second-order valence-electron chi connectivity index (χ2n) is 25.5. The molecule has 7 fully saturated rings. The Bertz CT molecular complexity index is 2290. The highest BCUT2D eigenvalue weighted by Gasteiger charge is 2.74. The molecule has 0 unspecified atom stereocenters. The van der Waals surface area contributed by atoms with Crippen molar-refractivity contribution in [3.05, 3.63) is 23.3 Å². The summed E-state index contributed by atoms with van der Waals surface area (Å²) in [5, 5.41) is 143. The molecule has 5 aliphatic carbocycles. The Kier molecular flexibility index (Phi) is 17.8. The summed E-state index contributed by atoms with van der Waals surface area (Å²) in [4.78, 5) is 39.5. The van der Waals surface area contributed by atoms with E-state index in [0.717, 1.165) is 5.57 Å². The molecule has 0 aromatic carbocycles. The lowest BCUT2D eigenvalue weighted by Gasteiger charge is -2.72. The van der Waals surface area contributed by atoms with E-state index in [-0.39, 0.29) is 24.7 Å². The van der Waals surface area contributed by atoms with Crippen LogP contribution in [-0.2, 0) is 52.3 Å². The summed E-state index contributed by atoms with van der Waals surface area (Å²) in [6.07, 6.45) is -26.5. The van der Waals surface area contributed by atoms with E-state index in [1.54, 1.807) is 19.9 Å². The number of aliphatic carboxylic acids is 1. The average molecular weight is 1130 g/mol. The summed E-state index contributed by atoms with van der Waals surface area (Å²) in [6.45, 7) is 14.1. The number of ether oxygens (including phenoxy) is 8. The topological polar surface area (TPSA) is 388 Å². The lowest BCUT2D eigenvalue weighted by molar-refractivity contribution is -0.392. The Hall–Kier alpha value is -2.83. The summed E-state index contributed by atoms with van der Waals surface area (Å²) in [6, 6.07) is 0. The van der Waals surface area contributed by atoms with Crippen LogP contribution < -0.4 is 0 Å². The Labute approximate surface area is 459 Å². The van der Waals surface area contributed by atoms with Crippen LogP contribution in [0.1, 0.15) is 107 Å². The average Bonchev–Trinajstić information content (AvgIpc) is 3.29. The number of carboxylic acid groups (broad SMARTS) is 1. The number of aliphatic hydroxyl groups excluding tert-OH is 12. The van der Waals surface area contributed by atoms with Crippen LogP contribution in [0.15, 0.2) is 23.3 Å². The predicted octanol–water partition coefficient (Wildman–Crippen LogP) is -1.32. The first-order chi connectivity index (χ1) is 36.9. The van der Waals surface area contributed by atoms with Crippen LogP contribution in [0.25, 0.3) is 0 Å². The molecule has 3 aliphatic heterocycles. The van der Waals surface area contributed by atoms with Crippen LogP contribution in [0.4, 0.5) is 0 Å². The Balaban J connectivity index is 1.12. The van der Waals surface area contributed by atoms with E-state index in [1.165, 1.54) is 6.92 Å². The molecule has 0 amide bonds. The van der Waals surface area contributed by atoms with E-state index in [4.69, 9.17) is 37.9 Å². The molecule has 8 rings (SSSR count). The van der Waals surface area contributed by atoms with Crippen molar-refractivity contribution in [1.82, 2.24) is 0 Å². The number of carbonyl (C=O) groups excluding carboxylic acids is 2. The molecule has 24 nitrogen and oxygen atoms in total. The van der Waals surface area contributed by atoms with Crippen molar-refractivity contribution in [3.8, 4) is 0 Å². The molecule has 0 aromatic heterocycles. The van der Waals surface area contributed by atoms with Crippen LogP contribution in [0, 0.1) is 50.2 Å². The number of carboxylic acids is 1. The van der Waals surface area contributed by atoms with Gasteiger partial charge >= 0.3 is 17.9 Å². The van der Waals surface area contributed by atoms with Gasteiger partial charge in [-0.25, -0.2) is 9.59 Å². The lowest BCUT2D eigenvalue weighted by Crippen LogP contribution is -2.72. The summed E-state index contributed by atoms with van der Waals surface area (Å²) in [5.74, 6) is -3.88. The van der Waals surface area contributed by atoms with Crippen molar-refractivity contribution < 1.29 is 119 Å². The second kappa shape index (κ2) is 22.6. The zero-order valence-electron chi connectivity index (χ0n) is 46.4. The second-order valence-corrected chi connectivity index (χ2v) is 25.5. The van der Waals surface area contributed by atoms with Crippen LogP contribution in [0.5, 0.6) is 0 Å². The highest BCUT2D eigenvalue weighted by atomic mass is 16.8. The number of carbonyl (C=O) groups is 3. The molecule has 13 N–H and O–H groups in total. The molecular formula is C55H86O24. The van der Waals surface area contributed by atoms with Gasteiger partial charge in [-0.2, -0.15) is 0 Å². The predicted molar refractivity (Wildman–Crippen MR) is 269 cm³/mol. The summed E-state index contributed by atoms with van der Waals surface area (Å²) in [5.41, 5.74) is -3.78. The number of aliphatic hydroxyl groups is 12. The first-order valence-corrected chi connectivity index (χ1v) is 27.7. The number of rotatable bonds is 14. The molecule has 0 aromatic rings. The van der Waals surface area contributed by atoms with Crippen molar-refractivity contribution in [3.63, 3.8) is 0 Å². The van der Waals surface area contributed by atoms with Crippen molar-refractivity contribution >= 4 is 17.9 Å².